The Morgan fingerprint density at radius 2 is 1.23 bits per heavy atom. The molecule has 7 rings (SSSR count). The average molecular weight is 570 g/mol. The number of anilines is 1. The van der Waals surface area contributed by atoms with Crippen LogP contribution in [0.4, 0.5) is 5.69 Å². The zero-order chi connectivity index (χ0) is 24.5. The van der Waals surface area contributed by atoms with E-state index in [1.165, 1.54) is 4.90 Å². The second-order valence-corrected chi connectivity index (χ2v) is 11.2. The molecule has 3 aromatic carbocycles. The van der Waals surface area contributed by atoms with Gasteiger partial charge in [0.25, 0.3) is 0 Å². The molecule has 2 bridgehead atoms. The molecule has 0 aromatic heterocycles. The molecule has 3 amide bonds. The van der Waals surface area contributed by atoms with Crippen LogP contribution >= 0.6 is 39.1 Å². The van der Waals surface area contributed by atoms with Crippen LogP contribution in [0, 0.1) is 11.8 Å². The molecule has 35 heavy (non-hydrogen) atoms. The quantitative estimate of drug-likeness (QED) is 0.339. The summed E-state index contributed by atoms with van der Waals surface area (Å²) in [6, 6.07) is 22.2. The Labute approximate surface area is 220 Å². The number of carbonyl (C=O) groups is 3. The van der Waals surface area contributed by atoms with Crippen molar-refractivity contribution in [2.24, 2.45) is 11.8 Å². The van der Waals surface area contributed by atoms with E-state index in [2.05, 4.69) is 21.2 Å². The maximum Gasteiger partial charge on any atom is 0.235 e. The van der Waals surface area contributed by atoms with Crippen molar-refractivity contribution < 1.29 is 14.4 Å². The molecule has 1 N–H and O–H groups in total. The summed E-state index contributed by atoms with van der Waals surface area (Å²) >= 11 is 18.1. The van der Waals surface area contributed by atoms with E-state index in [9.17, 15) is 14.4 Å². The molecule has 0 spiro atoms. The van der Waals surface area contributed by atoms with Crippen molar-refractivity contribution >= 4 is 62.5 Å². The van der Waals surface area contributed by atoms with E-state index >= 15 is 0 Å². The van der Waals surface area contributed by atoms with Gasteiger partial charge in [0.1, 0.15) is 9.75 Å². The van der Waals surface area contributed by atoms with Gasteiger partial charge in [-0.3, -0.25) is 19.3 Å². The molecular formula is C27H19BrCl2N2O3. The van der Waals surface area contributed by atoms with Crippen molar-refractivity contribution in [2.75, 3.05) is 11.9 Å². The fraction of sp³-hybridized carbons (Fsp3) is 0.222. The first-order chi connectivity index (χ1) is 16.8. The van der Waals surface area contributed by atoms with E-state index in [1.54, 1.807) is 12.1 Å². The molecular weight excluding hydrogens is 551 g/mol. The minimum Gasteiger partial charge on any atom is -0.326 e. The van der Waals surface area contributed by atoms with Gasteiger partial charge in [0.2, 0.25) is 17.7 Å². The normalized spacial score (nSPS) is 27.9. The van der Waals surface area contributed by atoms with Crippen LogP contribution in [0.15, 0.2) is 77.3 Å². The van der Waals surface area contributed by atoms with Crippen molar-refractivity contribution in [3.63, 3.8) is 0 Å². The monoisotopic (exact) mass is 568 g/mol. The zero-order valence-corrected chi connectivity index (χ0v) is 21.4. The molecule has 1 aliphatic heterocycles. The lowest BCUT2D eigenvalue weighted by Gasteiger charge is -2.54. The summed E-state index contributed by atoms with van der Waals surface area (Å²) in [4.78, 5) is 38.8. The number of nitrogens with one attached hydrogen (secondary N) is 1. The Balaban J connectivity index is 1.34. The molecule has 5 nitrogen and oxygen atoms in total. The number of likely N-dealkylation sites (tertiary alicyclic amines) is 1. The summed E-state index contributed by atoms with van der Waals surface area (Å²) in [5.41, 5.74) is 3.66. The Kier molecular flexibility index (Phi) is 5.15. The lowest BCUT2D eigenvalue weighted by atomic mass is 9.54. The third kappa shape index (κ3) is 3.03. The number of imide groups is 1. The van der Waals surface area contributed by atoms with Crippen LogP contribution in [-0.2, 0) is 24.1 Å². The second-order valence-electron chi connectivity index (χ2n) is 9.10. The van der Waals surface area contributed by atoms with Crippen molar-refractivity contribution in [1.82, 2.24) is 4.90 Å². The van der Waals surface area contributed by atoms with Gasteiger partial charge in [-0.15, -0.1) is 23.2 Å². The summed E-state index contributed by atoms with van der Waals surface area (Å²) < 4.78 is 0.896. The summed E-state index contributed by atoms with van der Waals surface area (Å²) in [6.45, 7) is -0.0420. The zero-order valence-electron chi connectivity index (χ0n) is 18.3. The number of halogens is 3. The van der Waals surface area contributed by atoms with Crippen LogP contribution < -0.4 is 5.32 Å². The third-order valence-electron chi connectivity index (χ3n) is 7.37. The molecule has 3 aromatic rings. The van der Waals surface area contributed by atoms with Crippen LogP contribution in [0.1, 0.15) is 28.7 Å². The highest BCUT2D eigenvalue weighted by atomic mass is 79.9. The van der Waals surface area contributed by atoms with Gasteiger partial charge in [0.05, 0.1) is 11.8 Å². The second kappa shape index (κ2) is 7.92. The number of alkyl halides is 2. The Hall–Kier alpha value is -2.67. The van der Waals surface area contributed by atoms with Crippen LogP contribution in [0.3, 0.4) is 0 Å². The molecule has 1 saturated heterocycles. The average Bonchev–Trinajstić information content (AvgIpc) is 3.13. The van der Waals surface area contributed by atoms with E-state index in [1.807, 2.05) is 60.7 Å². The van der Waals surface area contributed by atoms with Gasteiger partial charge in [-0.05, 0) is 46.5 Å². The predicted octanol–water partition coefficient (Wildman–Crippen LogP) is 5.37. The Morgan fingerprint density at radius 1 is 0.800 bits per heavy atom. The first-order valence-electron chi connectivity index (χ1n) is 11.3. The summed E-state index contributed by atoms with van der Waals surface area (Å²) in [7, 11) is 0. The van der Waals surface area contributed by atoms with Gasteiger partial charge in [0.15, 0.2) is 0 Å². The van der Waals surface area contributed by atoms with E-state index in [-0.39, 0.29) is 30.7 Å². The molecule has 0 saturated carbocycles. The summed E-state index contributed by atoms with van der Waals surface area (Å²) in [5.74, 6) is -2.78. The van der Waals surface area contributed by atoms with Crippen molar-refractivity contribution in [2.45, 2.75) is 16.2 Å². The number of hydrogen-bond donors (Lipinski definition) is 1. The van der Waals surface area contributed by atoms with E-state index < -0.39 is 21.6 Å². The van der Waals surface area contributed by atoms with Gasteiger partial charge < -0.3 is 5.32 Å². The summed E-state index contributed by atoms with van der Waals surface area (Å²) in [6.07, 6.45) is -0.0303. The number of benzene rings is 3. The number of carbonyl (C=O) groups excluding carboxylic acids is 3. The largest absolute Gasteiger partial charge is 0.326 e. The third-order valence-corrected chi connectivity index (χ3v) is 9.18. The fourth-order valence-corrected chi connectivity index (χ4v) is 7.28. The summed E-state index contributed by atoms with van der Waals surface area (Å²) in [5, 5.41) is 2.80. The highest BCUT2D eigenvalue weighted by Crippen LogP contribution is 2.69. The SMILES string of the molecule is O=C(CCN1C(=O)[C@@H]2[C@@H](C1=O)C1(Cl)c3ccccc3C2(Cl)c2ccccc21)Nc1ccc(Br)cc1. The minimum atomic E-state index is -1.21. The molecule has 176 valence electrons. The molecule has 8 heteroatoms. The van der Waals surface area contributed by atoms with Gasteiger partial charge in [-0.1, -0.05) is 64.5 Å². The van der Waals surface area contributed by atoms with Crippen molar-refractivity contribution in [3.8, 4) is 0 Å². The highest BCUT2D eigenvalue weighted by Gasteiger charge is 2.72. The van der Waals surface area contributed by atoms with E-state index in [0.717, 1.165) is 26.7 Å². The standard InChI is InChI=1S/C27H19BrCl2N2O3/c28-15-9-11-16(12-10-15)31-21(33)13-14-32-24(34)22-23(25(32)35)27(30)18-6-2-1-5-17(18)26(22,29)19-7-3-4-8-20(19)27/h1-12,22-23H,13-14H2,(H,31,33)/t22-,23-,26?,27?/m0/s1. The number of rotatable bonds is 4. The molecule has 2 atom stereocenters. The fourth-order valence-electron chi connectivity index (χ4n) is 5.92. The molecule has 1 heterocycles. The number of amides is 3. The molecule has 1 fully saturated rings. The maximum atomic E-state index is 13.7. The molecule has 0 radical (unpaired) electrons. The van der Waals surface area contributed by atoms with Crippen LogP contribution in [0.2, 0.25) is 0 Å². The molecule has 0 unspecified atom stereocenters. The van der Waals surface area contributed by atoms with Crippen molar-refractivity contribution in [1.29, 1.82) is 0 Å². The topological polar surface area (TPSA) is 66.5 Å². The maximum absolute atomic E-state index is 13.7. The Morgan fingerprint density at radius 3 is 1.66 bits per heavy atom. The van der Waals surface area contributed by atoms with Crippen molar-refractivity contribution in [3.05, 3.63) is 99.5 Å². The van der Waals surface area contributed by atoms with Gasteiger partial charge >= 0.3 is 0 Å². The van der Waals surface area contributed by atoms with Crippen LogP contribution in [0.25, 0.3) is 0 Å². The molecule has 4 aliphatic rings. The Bertz CT molecular complexity index is 1290. The highest BCUT2D eigenvalue weighted by molar-refractivity contribution is 9.10. The van der Waals surface area contributed by atoms with Gasteiger partial charge in [-0.25, -0.2) is 0 Å². The lowest BCUT2D eigenvalue weighted by Crippen LogP contribution is -2.57. The first-order valence-corrected chi connectivity index (χ1v) is 12.8. The number of nitrogens with zero attached hydrogens (tertiary/aromatic N) is 1. The number of hydrogen-bond acceptors (Lipinski definition) is 3. The minimum absolute atomic E-state index is 0.0303. The lowest BCUT2D eigenvalue weighted by molar-refractivity contribution is -0.140. The first kappa shape index (κ1) is 22.8. The van der Waals surface area contributed by atoms with Crippen LogP contribution in [0.5, 0.6) is 0 Å². The van der Waals surface area contributed by atoms with Crippen LogP contribution in [-0.4, -0.2) is 29.2 Å². The van der Waals surface area contributed by atoms with Gasteiger partial charge in [0, 0.05) is 23.1 Å². The predicted molar refractivity (Wildman–Crippen MR) is 137 cm³/mol. The smallest absolute Gasteiger partial charge is 0.235 e. The van der Waals surface area contributed by atoms with E-state index in [4.69, 9.17) is 23.2 Å². The van der Waals surface area contributed by atoms with E-state index in [0.29, 0.717) is 5.69 Å². The van der Waals surface area contributed by atoms with Gasteiger partial charge in [-0.2, -0.15) is 0 Å². The molecule has 3 aliphatic carbocycles.